The molecule has 0 aliphatic heterocycles. The molecule has 2 atom stereocenters. The minimum atomic E-state index is 0.784. The van der Waals surface area contributed by atoms with Gasteiger partial charge in [-0.1, -0.05) is 18.2 Å². The average Bonchev–Trinajstić information content (AvgIpc) is 2.89. The molecule has 2 heteroatoms. The van der Waals surface area contributed by atoms with Crippen LogP contribution in [0.5, 0.6) is 0 Å². The van der Waals surface area contributed by atoms with Crippen molar-refractivity contribution in [2.24, 2.45) is 16.9 Å². The Balaban J connectivity index is 1.69. The fraction of sp³-hybridized carbons (Fsp3) is 0.462. The lowest BCUT2D eigenvalue weighted by atomic mass is 9.99. The molecule has 15 heavy (non-hydrogen) atoms. The number of hydrogen-bond acceptors (Lipinski definition) is 2. The van der Waals surface area contributed by atoms with Gasteiger partial charge in [-0.3, -0.25) is 5.43 Å². The summed E-state index contributed by atoms with van der Waals surface area (Å²) in [4.78, 5) is 0. The summed E-state index contributed by atoms with van der Waals surface area (Å²) in [6, 6.07) is 10.2. The number of nitrogens with one attached hydrogen (secondary N) is 1. The molecule has 2 aliphatic rings. The second-order valence-corrected chi connectivity index (χ2v) is 4.66. The second kappa shape index (κ2) is 3.69. The summed E-state index contributed by atoms with van der Waals surface area (Å²) in [5, 5.41) is 4.54. The third-order valence-corrected chi connectivity index (χ3v) is 3.61. The van der Waals surface area contributed by atoms with Crippen LogP contribution in [0.3, 0.4) is 0 Å². The van der Waals surface area contributed by atoms with E-state index in [4.69, 9.17) is 0 Å². The maximum absolute atomic E-state index is 4.54. The molecule has 2 unspecified atom stereocenters. The Morgan fingerprint density at radius 3 is 2.67 bits per heavy atom. The lowest BCUT2D eigenvalue weighted by Gasteiger charge is -2.11. The Morgan fingerprint density at radius 2 is 2.00 bits per heavy atom. The van der Waals surface area contributed by atoms with E-state index in [-0.39, 0.29) is 0 Å². The van der Waals surface area contributed by atoms with Crippen LogP contribution in [-0.4, -0.2) is 5.71 Å². The number of hydrogen-bond donors (Lipinski definition) is 1. The molecular formula is C13H16N2. The Bertz CT molecular complexity index is 369. The molecule has 2 nitrogen and oxygen atoms in total. The van der Waals surface area contributed by atoms with Crippen molar-refractivity contribution in [2.75, 3.05) is 5.43 Å². The number of nitrogens with zero attached hydrogens (tertiary/aromatic N) is 1. The summed E-state index contributed by atoms with van der Waals surface area (Å²) in [6.07, 6.45) is 5.40. The Hall–Kier alpha value is -1.31. The summed E-state index contributed by atoms with van der Waals surface area (Å²) < 4.78 is 0. The van der Waals surface area contributed by atoms with E-state index in [9.17, 15) is 0 Å². The number of anilines is 1. The second-order valence-electron chi connectivity index (χ2n) is 4.66. The quantitative estimate of drug-likeness (QED) is 0.728. The molecule has 3 rings (SSSR count). The van der Waals surface area contributed by atoms with E-state index in [2.05, 4.69) is 22.7 Å². The number of benzene rings is 1. The van der Waals surface area contributed by atoms with Gasteiger partial charge in [-0.15, -0.1) is 0 Å². The zero-order valence-electron chi connectivity index (χ0n) is 8.82. The normalized spacial score (nSPS) is 31.1. The Labute approximate surface area is 90.4 Å². The van der Waals surface area contributed by atoms with Crippen LogP contribution in [0.25, 0.3) is 0 Å². The van der Waals surface area contributed by atoms with E-state index >= 15 is 0 Å². The van der Waals surface area contributed by atoms with Gasteiger partial charge in [-0.25, -0.2) is 0 Å². The van der Waals surface area contributed by atoms with Gasteiger partial charge in [0.2, 0.25) is 0 Å². The molecule has 2 bridgehead atoms. The first-order valence-electron chi connectivity index (χ1n) is 5.79. The first-order chi connectivity index (χ1) is 7.42. The predicted molar refractivity (Wildman–Crippen MR) is 62.9 cm³/mol. The van der Waals surface area contributed by atoms with E-state index in [1.54, 1.807) is 0 Å². The van der Waals surface area contributed by atoms with Gasteiger partial charge < -0.3 is 0 Å². The van der Waals surface area contributed by atoms with Crippen molar-refractivity contribution in [3.63, 3.8) is 0 Å². The molecule has 2 fully saturated rings. The van der Waals surface area contributed by atoms with Gasteiger partial charge in [0.25, 0.3) is 0 Å². The number of hydrazone groups is 1. The van der Waals surface area contributed by atoms with Crippen molar-refractivity contribution in [1.82, 2.24) is 0 Å². The maximum Gasteiger partial charge on any atom is 0.0561 e. The van der Waals surface area contributed by atoms with E-state index in [1.165, 1.54) is 31.4 Å². The molecule has 2 aliphatic carbocycles. The largest absolute Gasteiger partial charge is 0.279 e. The first-order valence-corrected chi connectivity index (χ1v) is 5.79. The highest BCUT2D eigenvalue weighted by atomic mass is 15.3. The summed E-state index contributed by atoms with van der Waals surface area (Å²) >= 11 is 0. The SMILES string of the molecule is c1ccc(NN=C2CC3CCC2C3)cc1. The number of rotatable bonds is 2. The predicted octanol–water partition coefficient (Wildman–Crippen LogP) is 3.27. The topological polar surface area (TPSA) is 24.4 Å². The smallest absolute Gasteiger partial charge is 0.0561 e. The lowest BCUT2D eigenvalue weighted by molar-refractivity contribution is 0.591. The Morgan fingerprint density at radius 1 is 1.13 bits per heavy atom. The standard InChI is InChI=1S/C13H16N2/c1-2-4-12(5-3-1)14-15-13-9-10-6-7-11(13)8-10/h1-5,10-11,14H,6-9H2. The molecule has 0 spiro atoms. The van der Waals surface area contributed by atoms with Gasteiger partial charge in [0.15, 0.2) is 0 Å². The lowest BCUT2D eigenvalue weighted by Crippen LogP contribution is -2.11. The monoisotopic (exact) mass is 200 g/mol. The third-order valence-electron chi connectivity index (χ3n) is 3.61. The molecule has 0 amide bonds. The van der Waals surface area contributed by atoms with Gasteiger partial charge in [-0.05, 0) is 49.7 Å². The fourth-order valence-electron chi connectivity index (χ4n) is 2.81. The van der Waals surface area contributed by atoms with Crippen molar-refractivity contribution in [3.8, 4) is 0 Å². The summed E-state index contributed by atoms with van der Waals surface area (Å²) in [5.41, 5.74) is 5.65. The molecule has 1 aromatic rings. The van der Waals surface area contributed by atoms with Crippen LogP contribution in [0.2, 0.25) is 0 Å². The van der Waals surface area contributed by atoms with Gasteiger partial charge >= 0.3 is 0 Å². The van der Waals surface area contributed by atoms with Crippen molar-refractivity contribution in [1.29, 1.82) is 0 Å². The summed E-state index contributed by atoms with van der Waals surface area (Å²) in [5.74, 6) is 1.72. The van der Waals surface area contributed by atoms with Crippen molar-refractivity contribution >= 4 is 11.4 Å². The fourth-order valence-corrected chi connectivity index (χ4v) is 2.81. The Kier molecular flexibility index (Phi) is 2.20. The van der Waals surface area contributed by atoms with Crippen LogP contribution in [0.15, 0.2) is 35.4 Å². The zero-order valence-corrected chi connectivity index (χ0v) is 8.82. The molecule has 0 aromatic heterocycles. The zero-order chi connectivity index (χ0) is 10.1. The van der Waals surface area contributed by atoms with Gasteiger partial charge in [-0.2, -0.15) is 5.10 Å². The van der Waals surface area contributed by atoms with E-state index in [1.807, 2.05) is 18.2 Å². The van der Waals surface area contributed by atoms with Gasteiger partial charge in [0.1, 0.15) is 0 Å². The van der Waals surface area contributed by atoms with Crippen molar-refractivity contribution in [3.05, 3.63) is 30.3 Å². The van der Waals surface area contributed by atoms with Crippen molar-refractivity contribution < 1.29 is 0 Å². The first kappa shape index (κ1) is 8.96. The van der Waals surface area contributed by atoms with Gasteiger partial charge in [0, 0.05) is 5.71 Å². The van der Waals surface area contributed by atoms with E-state index in [0.29, 0.717) is 0 Å². The molecule has 78 valence electrons. The molecule has 0 radical (unpaired) electrons. The number of fused-ring (bicyclic) bond motifs is 2. The summed E-state index contributed by atoms with van der Waals surface area (Å²) in [7, 11) is 0. The molecule has 0 saturated heterocycles. The van der Waals surface area contributed by atoms with E-state index in [0.717, 1.165) is 17.5 Å². The highest BCUT2D eigenvalue weighted by Gasteiger charge is 2.36. The minimum absolute atomic E-state index is 0.784. The van der Waals surface area contributed by atoms with Crippen LogP contribution in [-0.2, 0) is 0 Å². The molecule has 1 N–H and O–H groups in total. The highest BCUT2D eigenvalue weighted by molar-refractivity contribution is 5.90. The van der Waals surface area contributed by atoms with E-state index < -0.39 is 0 Å². The maximum atomic E-state index is 4.54. The molecule has 0 heterocycles. The number of para-hydroxylation sites is 1. The highest BCUT2D eigenvalue weighted by Crippen LogP contribution is 2.42. The molecule has 1 aromatic carbocycles. The third kappa shape index (κ3) is 1.76. The molecule has 2 saturated carbocycles. The van der Waals surface area contributed by atoms with Crippen LogP contribution < -0.4 is 5.43 Å². The van der Waals surface area contributed by atoms with Crippen molar-refractivity contribution in [2.45, 2.75) is 25.7 Å². The van der Waals surface area contributed by atoms with Gasteiger partial charge in [0.05, 0.1) is 5.69 Å². The average molecular weight is 200 g/mol. The van der Waals surface area contributed by atoms with Crippen LogP contribution in [0, 0.1) is 11.8 Å². The van der Waals surface area contributed by atoms with Crippen LogP contribution in [0.1, 0.15) is 25.7 Å². The minimum Gasteiger partial charge on any atom is -0.279 e. The molecular weight excluding hydrogens is 184 g/mol. The summed E-state index contributed by atoms with van der Waals surface area (Å²) in [6.45, 7) is 0. The van der Waals surface area contributed by atoms with Crippen LogP contribution >= 0.6 is 0 Å². The van der Waals surface area contributed by atoms with Crippen LogP contribution in [0.4, 0.5) is 5.69 Å².